The summed E-state index contributed by atoms with van der Waals surface area (Å²) in [4.78, 5) is 25.4. The zero-order valence-corrected chi connectivity index (χ0v) is 25.3. The van der Waals surface area contributed by atoms with Gasteiger partial charge in [0, 0.05) is 24.2 Å². The predicted molar refractivity (Wildman–Crippen MR) is 161 cm³/mol. The summed E-state index contributed by atoms with van der Waals surface area (Å²) in [6.07, 6.45) is -10.0. The van der Waals surface area contributed by atoms with E-state index in [1.165, 1.54) is 12.1 Å². The number of aliphatic hydroxyl groups excluding tert-OH is 8. The minimum Gasteiger partial charge on any atom is -0.394 e. The maximum Gasteiger partial charge on any atom is 0.251 e. The largest absolute Gasteiger partial charge is 0.394 e. The van der Waals surface area contributed by atoms with Crippen molar-refractivity contribution in [3.05, 3.63) is 70.8 Å². The van der Waals surface area contributed by atoms with Crippen LogP contribution in [-0.2, 0) is 9.47 Å². The summed E-state index contributed by atoms with van der Waals surface area (Å²) in [6, 6.07) is 12.8. The number of hydrogen-bond acceptors (Lipinski definition) is 12. The average molecular weight is 649 g/mol. The first-order valence-corrected chi connectivity index (χ1v) is 15.4. The van der Waals surface area contributed by atoms with Gasteiger partial charge in [-0.2, -0.15) is 0 Å². The molecular formula is C32H44N2O12. The van der Waals surface area contributed by atoms with Gasteiger partial charge >= 0.3 is 0 Å². The number of aliphatic hydroxyl groups is 8. The molecular weight excluding hydrogens is 604 g/mol. The van der Waals surface area contributed by atoms with Gasteiger partial charge in [0.15, 0.2) is 0 Å². The van der Waals surface area contributed by atoms with Gasteiger partial charge in [-0.05, 0) is 48.2 Å². The number of rotatable bonds is 13. The third-order valence-corrected chi connectivity index (χ3v) is 8.41. The lowest BCUT2D eigenvalue weighted by Crippen LogP contribution is -2.55. The Balaban J connectivity index is 1.16. The first kappa shape index (κ1) is 35.8. The Hall–Kier alpha value is -3.02. The number of ether oxygens (including phenoxy) is 2. The molecule has 0 saturated carbocycles. The molecule has 46 heavy (non-hydrogen) atoms. The van der Waals surface area contributed by atoms with E-state index < -0.39 is 74.3 Å². The predicted octanol–water partition coefficient (Wildman–Crippen LogP) is -1.56. The molecule has 10 N–H and O–H groups in total. The molecule has 2 fully saturated rings. The Morgan fingerprint density at radius 3 is 1.33 bits per heavy atom. The summed E-state index contributed by atoms with van der Waals surface area (Å²) in [6.45, 7) is -0.257. The summed E-state index contributed by atoms with van der Waals surface area (Å²) in [7, 11) is 0. The van der Waals surface area contributed by atoms with Gasteiger partial charge < -0.3 is 61.0 Å². The second-order valence-electron chi connectivity index (χ2n) is 11.7. The zero-order chi connectivity index (χ0) is 33.4. The molecule has 14 heteroatoms. The quantitative estimate of drug-likeness (QED) is 0.111. The summed E-state index contributed by atoms with van der Waals surface area (Å²) in [5, 5.41) is 85.5. The molecule has 0 aliphatic carbocycles. The summed E-state index contributed by atoms with van der Waals surface area (Å²) in [5.41, 5.74) is 1.50. The van der Waals surface area contributed by atoms with E-state index >= 15 is 0 Å². The van der Waals surface area contributed by atoms with Gasteiger partial charge in [0.2, 0.25) is 0 Å². The molecule has 10 unspecified atom stereocenters. The van der Waals surface area contributed by atoms with E-state index in [0.29, 0.717) is 48.2 Å². The van der Waals surface area contributed by atoms with Crippen LogP contribution in [-0.4, -0.2) is 128 Å². The van der Waals surface area contributed by atoms with Crippen LogP contribution in [0, 0.1) is 0 Å². The van der Waals surface area contributed by atoms with Crippen molar-refractivity contribution in [2.24, 2.45) is 0 Å². The van der Waals surface area contributed by atoms with Crippen molar-refractivity contribution in [2.45, 2.75) is 86.7 Å². The normalized spacial score (nSPS) is 31.3. The van der Waals surface area contributed by atoms with Crippen molar-refractivity contribution >= 4 is 11.8 Å². The summed E-state index contributed by atoms with van der Waals surface area (Å²) >= 11 is 0. The molecule has 0 radical (unpaired) electrons. The van der Waals surface area contributed by atoms with E-state index in [2.05, 4.69) is 10.6 Å². The van der Waals surface area contributed by atoms with Crippen molar-refractivity contribution in [1.82, 2.24) is 10.6 Å². The van der Waals surface area contributed by atoms with E-state index in [9.17, 15) is 50.4 Å². The van der Waals surface area contributed by atoms with Gasteiger partial charge in [-0.1, -0.05) is 37.1 Å². The molecule has 4 rings (SSSR count). The Bertz CT molecular complexity index is 1200. The number of unbranched alkanes of at least 4 members (excludes halogenated alkanes) is 3. The maximum atomic E-state index is 12.7. The van der Waals surface area contributed by atoms with Crippen LogP contribution in [0.25, 0.3) is 0 Å². The first-order valence-electron chi connectivity index (χ1n) is 15.4. The Morgan fingerprint density at radius 2 is 0.957 bits per heavy atom. The van der Waals surface area contributed by atoms with E-state index in [-0.39, 0.29) is 11.8 Å². The first-order chi connectivity index (χ1) is 22.1. The molecule has 2 aromatic rings. The highest BCUT2D eigenvalue weighted by Crippen LogP contribution is 2.34. The zero-order valence-electron chi connectivity index (χ0n) is 25.3. The van der Waals surface area contributed by atoms with Crippen molar-refractivity contribution < 1.29 is 59.9 Å². The molecule has 0 bridgehead atoms. The highest BCUT2D eigenvalue weighted by Gasteiger charge is 2.45. The molecule has 0 spiro atoms. The average Bonchev–Trinajstić information content (AvgIpc) is 3.07. The van der Waals surface area contributed by atoms with Crippen LogP contribution in [0.5, 0.6) is 0 Å². The van der Waals surface area contributed by atoms with Crippen LogP contribution >= 0.6 is 0 Å². The van der Waals surface area contributed by atoms with Crippen molar-refractivity contribution in [2.75, 3.05) is 26.3 Å². The second-order valence-corrected chi connectivity index (χ2v) is 11.7. The molecule has 2 amide bonds. The van der Waals surface area contributed by atoms with Crippen molar-refractivity contribution in [1.29, 1.82) is 0 Å². The fraction of sp³-hybridized carbons (Fsp3) is 0.562. The molecule has 2 saturated heterocycles. The molecule has 2 aliphatic heterocycles. The lowest BCUT2D eigenvalue weighted by Gasteiger charge is -2.40. The van der Waals surface area contributed by atoms with Gasteiger partial charge in [0.1, 0.15) is 61.0 Å². The number of carbonyl (C=O) groups is 2. The lowest BCUT2D eigenvalue weighted by atomic mass is 9.90. The Labute approximate surface area is 266 Å². The van der Waals surface area contributed by atoms with Gasteiger partial charge in [0.25, 0.3) is 11.8 Å². The third-order valence-electron chi connectivity index (χ3n) is 8.41. The van der Waals surface area contributed by atoms with Crippen LogP contribution in [0.3, 0.4) is 0 Å². The number of benzene rings is 2. The SMILES string of the molecule is O=C(NCCCCCCNC(=O)c1cccc(C2OC(CO)C(O)C(O)C2O)c1)c1cccc(C2OC(CO)C(O)C(O)C2O)c1. The fourth-order valence-electron chi connectivity index (χ4n) is 5.68. The maximum absolute atomic E-state index is 12.7. The molecule has 0 aromatic heterocycles. The second kappa shape index (κ2) is 16.7. The molecule has 14 nitrogen and oxygen atoms in total. The van der Waals surface area contributed by atoms with E-state index in [1.807, 2.05) is 0 Å². The number of hydrogen-bond donors (Lipinski definition) is 10. The van der Waals surface area contributed by atoms with Crippen molar-refractivity contribution in [3.63, 3.8) is 0 Å². The van der Waals surface area contributed by atoms with E-state index in [0.717, 1.165) is 12.8 Å². The Kier molecular flexibility index (Phi) is 13.0. The number of nitrogens with one attached hydrogen (secondary N) is 2. The van der Waals surface area contributed by atoms with E-state index in [1.54, 1.807) is 36.4 Å². The van der Waals surface area contributed by atoms with Crippen LogP contribution in [0.1, 0.15) is 69.7 Å². The van der Waals surface area contributed by atoms with Crippen LogP contribution < -0.4 is 10.6 Å². The topological polar surface area (TPSA) is 238 Å². The van der Waals surface area contributed by atoms with Crippen LogP contribution in [0.15, 0.2) is 48.5 Å². The fourth-order valence-corrected chi connectivity index (χ4v) is 5.68. The third kappa shape index (κ3) is 8.46. The minimum atomic E-state index is -1.52. The number of carbonyl (C=O) groups excluding carboxylic acids is 2. The standard InChI is InChI=1S/C32H44N2O12/c35-15-21-23(37)25(39)27(41)29(45-21)17-7-5-9-19(13-17)31(43)33-11-3-1-2-4-12-34-32(44)20-10-6-8-18(14-20)30-28(42)26(40)24(38)22(16-36)46-30/h5-10,13-14,21-30,35-42H,1-4,11-12,15-16H2,(H,33,43)(H,34,44). The molecule has 10 atom stereocenters. The Morgan fingerprint density at radius 1 is 0.565 bits per heavy atom. The molecule has 2 heterocycles. The molecule has 2 aliphatic rings. The lowest BCUT2D eigenvalue weighted by molar-refractivity contribution is -0.231. The summed E-state index contributed by atoms with van der Waals surface area (Å²) < 4.78 is 11.2. The minimum absolute atomic E-state index is 0.327. The smallest absolute Gasteiger partial charge is 0.251 e. The van der Waals surface area contributed by atoms with Gasteiger partial charge in [-0.15, -0.1) is 0 Å². The van der Waals surface area contributed by atoms with Crippen LogP contribution in [0.4, 0.5) is 0 Å². The monoisotopic (exact) mass is 648 g/mol. The number of amides is 2. The van der Waals surface area contributed by atoms with Crippen LogP contribution in [0.2, 0.25) is 0 Å². The van der Waals surface area contributed by atoms with E-state index in [4.69, 9.17) is 9.47 Å². The molecule has 2 aromatic carbocycles. The highest BCUT2D eigenvalue weighted by molar-refractivity contribution is 5.94. The highest BCUT2D eigenvalue weighted by atomic mass is 16.6. The van der Waals surface area contributed by atoms with Gasteiger partial charge in [0.05, 0.1) is 13.2 Å². The van der Waals surface area contributed by atoms with Gasteiger partial charge in [-0.3, -0.25) is 9.59 Å². The van der Waals surface area contributed by atoms with Crippen molar-refractivity contribution in [3.8, 4) is 0 Å². The molecule has 254 valence electrons. The summed E-state index contributed by atoms with van der Waals surface area (Å²) in [5.74, 6) is -0.658. The van der Waals surface area contributed by atoms with Gasteiger partial charge in [-0.25, -0.2) is 0 Å².